The molecule has 1 heterocycles. The summed E-state index contributed by atoms with van der Waals surface area (Å²) in [5, 5.41) is 4.43. The van der Waals surface area contributed by atoms with Gasteiger partial charge in [0.25, 0.3) is 0 Å². The molecular weight excluding hydrogens is 343 g/mol. The summed E-state index contributed by atoms with van der Waals surface area (Å²) in [5.74, 6) is 0.268. The summed E-state index contributed by atoms with van der Waals surface area (Å²) in [5.41, 5.74) is 1.13. The molecule has 1 amide bonds. The molecular formula is C16H23Cl3N2O. The SMILES string of the molecule is CNC1CCN(C(=O)CCCc2ccc(Cl)c(Cl)c2)CC1.Cl. The first-order valence-corrected chi connectivity index (χ1v) is 8.24. The van der Waals surface area contributed by atoms with Gasteiger partial charge in [-0.15, -0.1) is 12.4 Å². The molecule has 1 aromatic rings. The van der Waals surface area contributed by atoms with Crippen molar-refractivity contribution < 1.29 is 4.79 Å². The molecule has 0 unspecified atom stereocenters. The number of amides is 1. The van der Waals surface area contributed by atoms with Crippen LogP contribution in [0.4, 0.5) is 0 Å². The van der Waals surface area contributed by atoms with Crippen molar-refractivity contribution in [3.63, 3.8) is 0 Å². The molecule has 1 aliphatic rings. The Labute approximate surface area is 148 Å². The second kappa shape index (κ2) is 9.61. The van der Waals surface area contributed by atoms with Crippen LogP contribution in [-0.2, 0) is 11.2 Å². The molecule has 1 fully saturated rings. The third-order valence-corrected chi connectivity index (χ3v) is 4.84. The average Bonchev–Trinajstić information content (AvgIpc) is 2.51. The van der Waals surface area contributed by atoms with Gasteiger partial charge in [0.05, 0.1) is 10.0 Å². The largest absolute Gasteiger partial charge is 0.343 e. The molecule has 0 radical (unpaired) electrons. The Morgan fingerprint density at radius 3 is 2.55 bits per heavy atom. The van der Waals surface area contributed by atoms with Gasteiger partial charge >= 0.3 is 0 Å². The van der Waals surface area contributed by atoms with Gasteiger partial charge < -0.3 is 10.2 Å². The topological polar surface area (TPSA) is 32.3 Å². The lowest BCUT2D eigenvalue weighted by Gasteiger charge is -2.31. The van der Waals surface area contributed by atoms with Crippen molar-refractivity contribution in [2.24, 2.45) is 0 Å². The number of nitrogens with one attached hydrogen (secondary N) is 1. The number of benzene rings is 1. The van der Waals surface area contributed by atoms with E-state index < -0.39 is 0 Å². The van der Waals surface area contributed by atoms with E-state index in [1.807, 2.05) is 30.1 Å². The predicted molar refractivity (Wildman–Crippen MR) is 95.3 cm³/mol. The minimum atomic E-state index is 0. The molecule has 1 aliphatic heterocycles. The number of carbonyl (C=O) groups excluding carboxylic acids is 1. The van der Waals surface area contributed by atoms with Crippen LogP contribution in [0.1, 0.15) is 31.2 Å². The first-order valence-electron chi connectivity index (χ1n) is 7.49. The lowest BCUT2D eigenvalue weighted by atomic mass is 10.0. The quantitative estimate of drug-likeness (QED) is 0.857. The molecule has 0 atom stereocenters. The van der Waals surface area contributed by atoms with Gasteiger partial charge in [-0.1, -0.05) is 29.3 Å². The van der Waals surface area contributed by atoms with Crippen LogP contribution < -0.4 is 5.32 Å². The highest BCUT2D eigenvalue weighted by molar-refractivity contribution is 6.42. The summed E-state index contributed by atoms with van der Waals surface area (Å²) < 4.78 is 0. The van der Waals surface area contributed by atoms with Gasteiger partial charge in [0.15, 0.2) is 0 Å². The van der Waals surface area contributed by atoms with Crippen LogP contribution in [0.5, 0.6) is 0 Å². The van der Waals surface area contributed by atoms with Crippen LogP contribution in [0.25, 0.3) is 0 Å². The lowest BCUT2D eigenvalue weighted by Crippen LogP contribution is -2.43. The Morgan fingerprint density at radius 1 is 1.27 bits per heavy atom. The van der Waals surface area contributed by atoms with Gasteiger partial charge in [0.1, 0.15) is 0 Å². The summed E-state index contributed by atoms with van der Waals surface area (Å²) >= 11 is 11.9. The minimum Gasteiger partial charge on any atom is -0.343 e. The third kappa shape index (κ3) is 5.62. The first-order chi connectivity index (χ1) is 10.1. The maximum Gasteiger partial charge on any atom is 0.222 e. The van der Waals surface area contributed by atoms with Crippen molar-refractivity contribution in [2.45, 2.75) is 38.1 Å². The molecule has 1 N–H and O–H groups in total. The summed E-state index contributed by atoms with van der Waals surface area (Å²) in [6.07, 6.45) is 4.41. The fourth-order valence-electron chi connectivity index (χ4n) is 2.71. The van der Waals surface area contributed by atoms with E-state index in [2.05, 4.69) is 5.32 Å². The molecule has 0 aliphatic carbocycles. The Kier molecular flexibility index (Phi) is 8.55. The number of nitrogens with zero attached hydrogens (tertiary/aromatic N) is 1. The van der Waals surface area contributed by atoms with E-state index in [0.29, 0.717) is 22.5 Å². The second-order valence-electron chi connectivity index (χ2n) is 5.55. The summed E-state index contributed by atoms with van der Waals surface area (Å²) in [4.78, 5) is 14.2. The van der Waals surface area contributed by atoms with Gasteiger partial charge in [-0.2, -0.15) is 0 Å². The zero-order valence-electron chi connectivity index (χ0n) is 12.8. The molecule has 0 spiro atoms. The van der Waals surface area contributed by atoms with E-state index in [4.69, 9.17) is 23.2 Å². The van der Waals surface area contributed by atoms with Crippen molar-refractivity contribution in [1.29, 1.82) is 0 Å². The Morgan fingerprint density at radius 2 is 1.95 bits per heavy atom. The van der Waals surface area contributed by atoms with Gasteiger partial charge in [-0.05, 0) is 50.4 Å². The maximum absolute atomic E-state index is 12.2. The second-order valence-corrected chi connectivity index (χ2v) is 6.36. The predicted octanol–water partition coefficient (Wildman–Crippen LogP) is 3.95. The highest BCUT2D eigenvalue weighted by atomic mass is 35.5. The van der Waals surface area contributed by atoms with Gasteiger partial charge in [-0.3, -0.25) is 4.79 Å². The van der Waals surface area contributed by atoms with Crippen molar-refractivity contribution in [3.05, 3.63) is 33.8 Å². The number of rotatable bonds is 5. The lowest BCUT2D eigenvalue weighted by molar-refractivity contribution is -0.132. The van der Waals surface area contributed by atoms with E-state index in [1.54, 1.807) is 0 Å². The van der Waals surface area contributed by atoms with E-state index in [9.17, 15) is 4.79 Å². The number of hydrogen-bond acceptors (Lipinski definition) is 2. The average molecular weight is 366 g/mol. The molecule has 0 aromatic heterocycles. The van der Waals surface area contributed by atoms with Crippen LogP contribution in [0, 0.1) is 0 Å². The summed E-state index contributed by atoms with van der Waals surface area (Å²) in [6, 6.07) is 6.22. The van der Waals surface area contributed by atoms with Crippen molar-refractivity contribution in [3.8, 4) is 0 Å². The number of likely N-dealkylation sites (tertiary alicyclic amines) is 1. The molecule has 0 saturated carbocycles. The van der Waals surface area contributed by atoms with Gasteiger partial charge in [0, 0.05) is 25.6 Å². The summed E-state index contributed by atoms with van der Waals surface area (Å²) in [6.45, 7) is 1.74. The normalized spacial score (nSPS) is 15.5. The number of aryl methyl sites for hydroxylation is 1. The Bertz CT molecular complexity index is 488. The summed E-state index contributed by atoms with van der Waals surface area (Å²) in [7, 11) is 1.99. The Hall–Kier alpha value is -0.480. The number of halogens is 3. The number of hydrogen-bond donors (Lipinski definition) is 1. The molecule has 3 nitrogen and oxygen atoms in total. The standard InChI is InChI=1S/C16H22Cl2N2O.ClH/c1-19-13-7-9-20(10-8-13)16(21)4-2-3-12-5-6-14(17)15(18)11-12;/h5-6,11,13,19H,2-4,7-10H2,1H3;1H. The van der Waals surface area contributed by atoms with E-state index in [0.717, 1.165) is 44.3 Å². The van der Waals surface area contributed by atoms with Gasteiger partial charge in [-0.25, -0.2) is 0 Å². The zero-order chi connectivity index (χ0) is 15.2. The van der Waals surface area contributed by atoms with E-state index in [-0.39, 0.29) is 18.3 Å². The smallest absolute Gasteiger partial charge is 0.222 e. The molecule has 124 valence electrons. The third-order valence-electron chi connectivity index (χ3n) is 4.10. The zero-order valence-corrected chi connectivity index (χ0v) is 15.1. The Balaban J connectivity index is 0.00000242. The van der Waals surface area contributed by atoms with E-state index in [1.165, 1.54) is 0 Å². The molecule has 2 rings (SSSR count). The van der Waals surface area contributed by atoms with Crippen LogP contribution >= 0.6 is 35.6 Å². The monoisotopic (exact) mass is 364 g/mol. The van der Waals surface area contributed by atoms with Crippen LogP contribution in [0.3, 0.4) is 0 Å². The first kappa shape index (κ1) is 19.6. The molecule has 1 aromatic carbocycles. The fraction of sp³-hybridized carbons (Fsp3) is 0.562. The van der Waals surface area contributed by atoms with E-state index >= 15 is 0 Å². The number of piperidine rings is 1. The highest BCUT2D eigenvalue weighted by Gasteiger charge is 2.21. The van der Waals surface area contributed by atoms with Crippen molar-refractivity contribution >= 4 is 41.5 Å². The van der Waals surface area contributed by atoms with Crippen LogP contribution in [0.2, 0.25) is 10.0 Å². The fourth-order valence-corrected chi connectivity index (χ4v) is 3.04. The highest BCUT2D eigenvalue weighted by Crippen LogP contribution is 2.23. The molecule has 1 saturated heterocycles. The van der Waals surface area contributed by atoms with Crippen LogP contribution in [0.15, 0.2) is 18.2 Å². The van der Waals surface area contributed by atoms with Crippen LogP contribution in [-0.4, -0.2) is 37.0 Å². The molecule has 22 heavy (non-hydrogen) atoms. The molecule has 6 heteroatoms. The van der Waals surface area contributed by atoms with Crippen molar-refractivity contribution in [2.75, 3.05) is 20.1 Å². The van der Waals surface area contributed by atoms with Crippen molar-refractivity contribution in [1.82, 2.24) is 10.2 Å². The van der Waals surface area contributed by atoms with Gasteiger partial charge in [0.2, 0.25) is 5.91 Å². The number of carbonyl (C=O) groups is 1. The minimum absolute atomic E-state index is 0. The maximum atomic E-state index is 12.2. The molecule has 0 bridgehead atoms.